The number of aliphatic carboxylic acids is 1. The summed E-state index contributed by atoms with van der Waals surface area (Å²) in [7, 11) is 0. The second-order valence-electron chi connectivity index (χ2n) is 4.35. The van der Waals surface area contributed by atoms with Crippen LogP contribution in [0.5, 0.6) is 0 Å². The van der Waals surface area contributed by atoms with E-state index in [4.69, 9.17) is 5.53 Å². The molecule has 0 aliphatic rings. The molecule has 0 heterocycles. The molecule has 0 aliphatic heterocycles. The van der Waals surface area contributed by atoms with E-state index in [1.807, 2.05) is 12.1 Å². The molecular formula is C15H13N3O2. The molecule has 2 rings (SSSR count). The zero-order valence-corrected chi connectivity index (χ0v) is 10.7. The summed E-state index contributed by atoms with van der Waals surface area (Å²) in [6, 6.07) is 17.9. The number of hydrogen-bond donors (Lipinski definition) is 1. The molecule has 20 heavy (non-hydrogen) atoms. The molecule has 0 radical (unpaired) electrons. The minimum absolute atomic E-state index is 0.301. The average molecular weight is 267 g/mol. The summed E-state index contributed by atoms with van der Waals surface area (Å²) in [5.41, 5.74) is 8.99. The summed E-state index contributed by atoms with van der Waals surface area (Å²) in [4.78, 5) is 14.1. The van der Waals surface area contributed by atoms with Crippen LogP contribution in [0.3, 0.4) is 0 Å². The Morgan fingerprint density at radius 2 is 1.50 bits per heavy atom. The number of rotatable bonds is 5. The van der Waals surface area contributed by atoms with Gasteiger partial charge in [0.25, 0.3) is 0 Å². The summed E-state index contributed by atoms with van der Waals surface area (Å²) in [6.45, 7) is 0. The van der Waals surface area contributed by atoms with Crippen molar-refractivity contribution in [3.63, 3.8) is 0 Å². The molecule has 5 nitrogen and oxygen atoms in total. The smallest absolute Gasteiger partial charge is 0.304 e. The molecule has 5 heteroatoms. The Morgan fingerprint density at radius 1 is 1.05 bits per heavy atom. The monoisotopic (exact) mass is 267 g/mol. The van der Waals surface area contributed by atoms with Gasteiger partial charge < -0.3 is 5.11 Å². The SMILES string of the molecule is [N-]=[N+]=NC(CC(=O)O)(c1ccccc1)c1ccccc1. The second kappa shape index (κ2) is 5.91. The first-order valence-corrected chi connectivity index (χ1v) is 6.08. The molecule has 0 aliphatic carbocycles. The summed E-state index contributed by atoms with van der Waals surface area (Å²) < 4.78 is 0. The van der Waals surface area contributed by atoms with Gasteiger partial charge in [0.15, 0.2) is 0 Å². The maximum absolute atomic E-state index is 11.3. The van der Waals surface area contributed by atoms with E-state index in [0.29, 0.717) is 11.1 Å². The van der Waals surface area contributed by atoms with Gasteiger partial charge >= 0.3 is 5.97 Å². The number of carboxylic acid groups (broad SMARTS) is 1. The molecule has 0 fully saturated rings. The van der Waals surface area contributed by atoms with Crippen molar-refractivity contribution >= 4 is 5.97 Å². The summed E-state index contributed by atoms with van der Waals surface area (Å²) in [6.07, 6.45) is -0.301. The van der Waals surface area contributed by atoms with Crippen LogP contribution in [0.25, 0.3) is 10.4 Å². The largest absolute Gasteiger partial charge is 0.481 e. The van der Waals surface area contributed by atoms with Gasteiger partial charge in [-0.25, -0.2) is 0 Å². The van der Waals surface area contributed by atoms with E-state index in [2.05, 4.69) is 10.0 Å². The Bertz CT molecular complexity index is 595. The first-order valence-electron chi connectivity index (χ1n) is 6.08. The lowest BCUT2D eigenvalue weighted by Gasteiger charge is -2.28. The Labute approximate surface area is 116 Å². The van der Waals surface area contributed by atoms with E-state index >= 15 is 0 Å². The van der Waals surface area contributed by atoms with E-state index in [-0.39, 0.29) is 6.42 Å². The minimum Gasteiger partial charge on any atom is -0.481 e. The van der Waals surface area contributed by atoms with Crippen molar-refractivity contribution in [2.45, 2.75) is 12.0 Å². The Hall–Kier alpha value is -2.78. The van der Waals surface area contributed by atoms with Crippen molar-refractivity contribution in [2.75, 3.05) is 0 Å². The molecule has 0 bridgehead atoms. The van der Waals surface area contributed by atoms with Crippen molar-refractivity contribution in [3.05, 3.63) is 82.2 Å². The zero-order chi connectivity index (χ0) is 14.4. The average Bonchev–Trinajstić information content (AvgIpc) is 2.48. The van der Waals surface area contributed by atoms with Crippen LogP contribution in [0.1, 0.15) is 17.5 Å². The van der Waals surface area contributed by atoms with Gasteiger partial charge in [-0.1, -0.05) is 65.8 Å². The number of hydrogen-bond acceptors (Lipinski definition) is 2. The summed E-state index contributed by atoms with van der Waals surface area (Å²) >= 11 is 0. The third-order valence-corrected chi connectivity index (χ3v) is 3.13. The van der Waals surface area contributed by atoms with Crippen LogP contribution in [0.15, 0.2) is 65.8 Å². The first kappa shape index (κ1) is 13.6. The fourth-order valence-electron chi connectivity index (χ4n) is 2.24. The van der Waals surface area contributed by atoms with Gasteiger partial charge in [-0.2, -0.15) is 0 Å². The molecule has 0 aromatic heterocycles. The van der Waals surface area contributed by atoms with E-state index in [1.165, 1.54) is 0 Å². The standard InChI is InChI=1S/C15H13N3O2/c16-18-17-15(11-14(19)20,12-7-3-1-4-8-12)13-9-5-2-6-10-13/h1-10H,11H2,(H,19,20). The summed E-state index contributed by atoms with van der Waals surface area (Å²) in [5.74, 6) is -1.02. The van der Waals surface area contributed by atoms with E-state index in [0.717, 1.165) is 0 Å². The molecule has 2 aromatic rings. The topological polar surface area (TPSA) is 86.1 Å². The predicted molar refractivity (Wildman–Crippen MR) is 75.1 cm³/mol. The van der Waals surface area contributed by atoms with Gasteiger partial charge in [0, 0.05) is 4.91 Å². The molecule has 1 N–H and O–H groups in total. The third-order valence-electron chi connectivity index (χ3n) is 3.13. The van der Waals surface area contributed by atoms with Crippen LogP contribution in [0.2, 0.25) is 0 Å². The quantitative estimate of drug-likeness (QED) is 0.508. The van der Waals surface area contributed by atoms with Crippen molar-refractivity contribution in [1.29, 1.82) is 0 Å². The maximum Gasteiger partial charge on any atom is 0.304 e. The van der Waals surface area contributed by atoms with Gasteiger partial charge in [-0.05, 0) is 16.7 Å². The number of nitrogens with zero attached hydrogens (tertiary/aromatic N) is 3. The lowest BCUT2D eigenvalue weighted by molar-refractivity contribution is -0.138. The number of benzene rings is 2. The highest BCUT2D eigenvalue weighted by Crippen LogP contribution is 2.37. The van der Waals surface area contributed by atoms with E-state index < -0.39 is 11.5 Å². The van der Waals surface area contributed by atoms with Crippen molar-refractivity contribution in [2.24, 2.45) is 5.11 Å². The van der Waals surface area contributed by atoms with Crippen LogP contribution in [-0.2, 0) is 10.3 Å². The van der Waals surface area contributed by atoms with Gasteiger partial charge in [0.1, 0.15) is 5.54 Å². The fraction of sp³-hybridized carbons (Fsp3) is 0.133. The minimum atomic E-state index is -1.23. The fourth-order valence-corrected chi connectivity index (χ4v) is 2.24. The number of carboxylic acids is 1. The molecule has 100 valence electrons. The van der Waals surface area contributed by atoms with Crippen molar-refractivity contribution in [3.8, 4) is 0 Å². The molecular weight excluding hydrogens is 254 g/mol. The molecule has 0 amide bonds. The Kier molecular flexibility index (Phi) is 4.03. The second-order valence-corrected chi connectivity index (χ2v) is 4.35. The normalized spacial score (nSPS) is 10.6. The lowest BCUT2D eigenvalue weighted by Crippen LogP contribution is -2.28. The Balaban J connectivity index is 2.69. The molecule has 0 unspecified atom stereocenters. The van der Waals surface area contributed by atoms with E-state index in [1.54, 1.807) is 48.5 Å². The van der Waals surface area contributed by atoms with Crippen molar-refractivity contribution in [1.82, 2.24) is 0 Å². The highest BCUT2D eigenvalue weighted by molar-refractivity contribution is 5.70. The van der Waals surface area contributed by atoms with Crippen LogP contribution >= 0.6 is 0 Å². The molecule has 0 saturated carbocycles. The Morgan fingerprint density at radius 3 is 1.85 bits per heavy atom. The highest BCUT2D eigenvalue weighted by Gasteiger charge is 2.35. The van der Waals surface area contributed by atoms with Crippen LogP contribution < -0.4 is 0 Å². The van der Waals surface area contributed by atoms with Gasteiger partial charge in [0.05, 0.1) is 6.42 Å². The van der Waals surface area contributed by atoms with Gasteiger partial charge in [0.2, 0.25) is 0 Å². The molecule has 2 aromatic carbocycles. The highest BCUT2D eigenvalue weighted by atomic mass is 16.4. The lowest BCUT2D eigenvalue weighted by atomic mass is 9.81. The van der Waals surface area contributed by atoms with E-state index in [9.17, 15) is 9.90 Å². The van der Waals surface area contributed by atoms with Crippen LogP contribution in [0, 0.1) is 0 Å². The first-order chi connectivity index (χ1) is 9.69. The summed E-state index contributed by atoms with van der Waals surface area (Å²) in [5, 5.41) is 13.1. The number of carbonyl (C=O) groups is 1. The molecule has 0 saturated heterocycles. The molecule has 0 spiro atoms. The predicted octanol–water partition coefficient (Wildman–Crippen LogP) is 3.72. The maximum atomic E-state index is 11.3. The van der Waals surface area contributed by atoms with Crippen molar-refractivity contribution < 1.29 is 9.90 Å². The zero-order valence-electron chi connectivity index (χ0n) is 10.7. The molecule has 0 atom stereocenters. The van der Waals surface area contributed by atoms with Gasteiger partial charge in [-0.15, -0.1) is 0 Å². The third kappa shape index (κ3) is 2.63. The van der Waals surface area contributed by atoms with Crippen LogP contribution in [0.4, 0.5) is 0 Å². The number of azide groups is 1. The van der Waals surface area contributed by atoms with Crippen LogP contribution in [-0.4, -0.2) is 11.1 Å². The van der Waals surface area contributed by atoms with Gasteiger partial charge in [-0.3, -0.25) is 4.79 Å².